The van der Waals surface area contributed by atoms with Crippen LogP contribution >= 0.6 is 0 Å². The molecule has 0 bridgehead atoms. The van der Waals surface area contributed by atoms with Gasteiger partial charge in [0, 0.05) is 6.61 Å². The number of ether oxygens (including phenoxy) is 1. The Labute approximate surface area is 199 Å². The molecule has 2 aromatic carbocycles. The van der Waals surface area contributed by atoms with Gasteiger partial charge in [-0.1, -0.05) is 30.3 Å². The van der Waals surface area contributed by atoms with Crippen LogP contribution in [0.1, 0.15) is 27.6 Å². The molecule has 1 fully saturated rings. The number of rotatable bonds is 4. The van der Waals surface area contributed by atoms with Gasteiger partial charge >= 0.3 is 5.51 Å². The van der Waals surface area contributed by atoms with E-state index in [1.54, 1.807) is 24.3 Å². The Morgan fingerprint density at radius 2 is 1.40 bits per heavy atom. The van der Waals surface area contributed by atoms with Crippen LogP contribution in [0, 0.1) is 0 Å². The Balaban J connectivity index is 0.000000371. The SMILES string of the molecule is CCO[C@@H]1[C@H](N2C(=O)c3ccccc3C2=O)C(=[N+](C)C)N1c1ccccc1.O=S(=O)([O-])C(F)(F)F. The van der Waals surface area contributed by atoms with Gasteiger partial charge in [0.05, 0.1) is 25.2 Å². The molecule has 2 atom stereocenters. The topological polar surface area (TPSA) is 110 Å². The van der Waals surface area contributed by atoms with E-state index in [1.165, 1.54) is 4.90 Å². The van der Waals surface area contributed by atoms with Gasteiger partial charge in [-0.2, -0.15) is 18.1 Å². The molecule has 188 valence electrons. The fourth-order valence-corrected chi connectivity index (χ4v) is 3.85. The molecule has 2 amide bonds. The zero-order chi connectivity index (χ0) is 26.1. The highest BCUT2D eigenvalue weighted by atomic mass is 32.2. The molecular weight excluding hydrogens is 491 g/mol. The zero-order valence-corrected chi connectivity index (χ0v) is 19.7. The average Bonchev–Trinajstić information content (AvgIpc) is 3.01. The minimum absolute atomic E-state index is 0.266. The Bertz CT molecular complexity index is 1230. The Hall–Kier alpha value is -3.29. The first-order chi connectivity index (χ1) is 16.3. The lowest BCUT2D eigenvalue weighted by Gasteiger charge is -2.45. The number of anilines is 1. The number of halogens is 3. The Kier molecular flexibility index (Phi) is 7.34. The highest BCUT2D eigenvalue weighted by Crippen LogP contribution is 2.36. The summed E-state index contributed by atoms with van der Waals surface area (Å²) in [6.07, 6.45) is -0.419. The molecule has 9 nitrogen and oxygen atoms in total. The maximum atomic E-state index is 13.0. The number of hydrogen-bond acceptors (Lipinski definition) is 6. The van der Waals surface area contributed by atoms with E-state index in [0.717, 1.165) is 11.5 Å². The van der Waals surface area contributed by atoms with Gasteiger partial charge < -0.3 is 9.29 Å². The van der Waals surface area contributed by atoms with Crippen LogP contribution in [0.5, 0.6) is 0 Å². The fraction of sp³-hybridized carbons (Fsp3) is 0.318. The number of para-hydroxylation sites is 1. The highest BCUT2D eigenvalue weighted by Gasteiger charge is 2.62. The molecule has 4 rings (SSSR count). The molecule has 1 saturated heterocycles. The largest absolute Gasteiger partial charge is 0.741 e. The quantitative estimate of drug-likeness (QED) is 0.267. The van der Waals surface area contributed by atoms with E-state index in [1.807, 2.05) is 60.8 Å². The number of alkyl halides is 3. The van der Waals surface area contributed by atoms with Crippen molar-refractivity contribution < 1.29 is 45.0 Å². The van der Waals surface area contributed by atoms with Crippen molar-refractivity contribution in [2.24, 2.45) is 0 Å². The monoisotopic (exact) mass is 513 g/mol. The third-order valence-corrected chi connectivity index (χ3v) is 5.82. The lowest BCUT2D eigenvalue weighted by Crippen LogP contribution is -2.74. The van der Waals surface area contributed by atoms with Gasteiger partial charge in [-0.3, -0.25) is 19.1 Å². The van der Waals surface area contributed by atoms with Crippen molar-refractivity contribution in [3.8, 4) is 0 Å². The van der Waals surface area contributed by atoms with Crippen LogP contribution in [0.4, 0.5) is 18.9 Å². The summed E-state index contributed by atoms with van der Waals surface area (Å²) in [5, 5.41) is 0. The summed E-state index contributed by atoms with van der Waals surface area (Å²) in [5.74, 6) is 0.323. The first-order valence-electron chi connectivity index (χ1n) is 10.3. The second kappa shape index (κ2) is 9.76. The molecule has 13 heteroatoms. The lowest BCUT2D eigenvalue weighted by atomic mass is 9.99. The van der Waals surface area contributed by atoms with Gasteiger partial charge in [-0.15, -0.1) is 0 Å². The number of carbonyl (C=O) groups excluding carboxylic acids is 2. The average molecular weight is 513 g/mol. The minimum atomic E-state index is -6.09. The van der Waals surface area contributed by atoms with Crippen molar-refractivity contribution in [3.63, 3.8) is 0 Å². The molecule has 0 saturated carbocycles. The van der Waals surface area contributed by atoms with Crippen LogP contribution in [0.25, 0.3) is 0 Å². The van der Waals surface area contributed by atoms with Crippen molar-refractivity contribution in [1.29, 1.82) is 0 Å². The van der Waals surface area contributed by atoms with Gasteiger partial charge in [-0.05, 0) is 31.2 Å². The standard InChI is InChI=1S/C21H22N3O3.CHF3O3S/c1-4-27-21-17(18(22(2)3)23(21)14-10-6-5-7-11-14)24-19(25)15-12-8-9-13-16(15)20(24)26;2-1(3,4)8(5,6)7/h5-13,17,21H,4H2,1-3H3;(H,5,6,7)/q+1;/p-1/t17-,21-;/m1./s1. The van der Waals surface area contributed by atoms with Crippen molar-refractivity contribution in [2.75, 3.05) is 25.6 Å². The van der Waals surface area contributed by atoms with E-state index in [0.29, 0.717) is 17.7 Å². The molecule has 2 aliphatic rings. The fourth-order valence-electron chi connectivity index (χ4n) is 3.85. The van der Waals surface area contributed by atoms with Crippen molar-refractivity contribution in [3.05, 3.63) is 65.7 Å². The summed E-state index contributed by atoms with van der Waals surface area (Å²) in [5.41, 5.74) is -3.77. The number of carbonyl (C=O) groups is 2. The predicted octanol–water partition coefficient (Wildman–Crippen LogP) is 2.26. The molecule has 0 N–H and O–H groups in total. The molecular formula is C22H22F3N3O6S. The first kappa shape index (κ1) is 26.3. The molecule has 0 unspecified atom stereocenters. The van der Waals surface area contributed by atoms with E-state index in [2.05, 4.69) is 0 Å². The van der Waals surface area contributed by atoms with Gasteiger partial charge in [0.2, 0.25) is 12.3 Å². The smallest absolute Gasteiger partial charge is 0.485 e. The minimum Gasteiger partial charge on any atom is -0.741 e. The summed E-state index contributed by atoms with van der Waals surface area (Å²) in [4.78, 5) is 29.4. The van der Waals surface area contributed by atoms with Gasteiger partial charge in [-0.25, -0.2) is 8.42 Å². The molecule has 35 heavy (non-hydrogen) atoms. The predicted molar refractivity (Wildman–Crippen MR) is 118 cm³/mol. The number of fused-ring (bicyclic) bond motifs is 1. The van der Waals surface area contributed by atoms with E-state index in [4.69, 9.17) is 17.7 Å². The summed E-state index contributed by atoms with van der Waals surface area (Å²) in [6.45, 7) is 2.39. The van der Waals surface area contributed by atoms with Crippen molar-refractivity contribution in [2.45, 2.75) is 24.7 Å². The molecule has 0 aliphatic carbocycles. The molecule has 0 aromatic heterocycles. The third kappa shape index (κ3) is 4.92. The third-order valence-electron chi connectivity index (χ3n) is 5.25. The van der Waals surface area contributed by atoms with E-state index in [-0.39, 0.29) is 11.8 Å². The van der Waals surface area contributed by atoms with Crippen molar-refractivity contribution in [1.82, 2.24) is 4.90 Å². The molecule has 2 aliphatic heterocycles. The van der Waals surface area contributed by atoms with E-state index >= 15 is 0 Å². The van der Waals surface area contributed by atoms with Crippen LogP contribution < -0.4 is 4.90 Å². The second-order valence-electron chi connectivity index (χ2n) is 7.67. The normalized spacial score (nSPS) is 19.7. The number of amidine groups is 1. The number of benzene rings is 2. The molecule has 2 aromatic rings. The van der Waals surface area contributed by atoms with Crippen LogP contribution in [-0.2, 0) is 14.9 Å². The number of imide groups is 1. The Morgan fingerprint density at radius 1 is 0.943 bits per heavy atom. The molecule has 0 spiro atoms. The highest BCUT2D eigenvalue weighted by molar-refractivity contribution is 7.86. The summed E-state index contributed by atoms with van der Waals surface area (Å²) >= 11 is 0. The summed E-state index contributed by atoms with van der Waals surface area (Å²) < 4.78 is 66.8. The van der Waals surface area contributed by atoms with Gasteiger partial charge in [0.1, 0.15) is 5.69 Å². The maximum absolute atomic E-state index is 13.0. The van der Waals surface area contributed by atoms with E-state index in [9.17, 15) is 22.8 Å². The van der Waals surface area contributed by atoms with Crippen LogP contribution in [0.3, 0.4) is 0 Å². The number of amides is 2. The lowest BCUT2D eigenvalue weighted by molar-refractivity contribution is -0.471. The number of nitrogens with zero attached hydrogens (tertiary/aromatic N) is 3. The maximum Gasteiger partial charge on any atom is 0.485 e. The van der Waals surface area contributed by atoms with Crippen LogP contribution in [0.15, 0.2) is 54.6 Å². The zero-order valence-electron chi connectivity index (χ0n) is 18.9. The Morgan fingerprint density at radius 3 is 1.80 bits per heavy atom. The van der Waals surface area contributed by atoms with Crippen LogP contribution in [0.2, 0.25) is 0 Å². The van der Waals surface area contributed by atoms with Gasteiger partial charge in [0.25, 0.3) is 17.6 Å². The second-order valence-corrected chi connectivity index (χ2v) is 9.05. The summed E-state index contributed by atoms with van der Waals surface area (Å²) in [7, 11) is -2.26. The molecule has 0 radical (unpaired) electrons. The molecule has 2 heterocycles. The van der Waals surface area contributed by atoms with Crippen LogP contribution in [-0.4, -0.2) is 78.6 Å². The van der Waals surface area contributed by atoms with Crippen molar-refractivity contribution >= 4 is 33.5 Å². The summed E-state index contributed by atoms with van der Waals surface area (Å²) in [6, 6.07) is 16.4. The first-order valence-corrected chi connectivity index (χ1v) is 11.7. The number of hydrogen-bond donors (Lipinski definition) is 0. The van der Waals surface area contributed by atoms with E-state index < -0.39 is 27.9 Å². The van der Waals surface area contributed by atoms with Gasteiger partial charge in [0.15, 0.2) is 10.1 Å².